The van der Waals surface area contributed by atoms with Crippen LogP contribution >= 0.6 is 0 Å². The van der Waals surface area contributed by atoms with Gasteiger partial charge in [0.1, 0.15) is 0 Å². The summed E-state index contributed by atoms with van der Waals surface area (Å²) in [6.45, 7) is 0. The van der Waals surface area contributed by atoms with Crippen LogP contribution in [-0.4, -0.2) is 6.03 Å². The van der Waals surface area contributed by atoms with Crippen LogP contribution in [0.15, 0.2) is 0 Å². The van der Waals surface area contributed by atoms with Crippen LogP contribution < -0.4 is 17.6 Å². The molecule has 0 fully saturated rings. The first kappa shape index (κ1) is 19.1. The summed E-state index contributed by atoms with van der Waals surface area (Å²) >= 11 is 0. The van der Waals surface area contributed by atoms with Crippen LogP contribution in [0.4, 0.5) is 9.50 Å². The maximum Gasteiger partial charge on any atom is 0.309 e. The van der Waals surface area contributed by atoms with E-state index in [-0.39, 0.29) is 10.9 Å². The Balaban J connectivity index is -0.0000000450. The van der Waals surface area contributed by atoms with Crippen LogP contribution in [-0.2, 0) is 0 Å². The number of rotatable bonds is 0. The molecule has 0 saturated heterocycles. The Labute approximate surface area is 34.4 Å². The highest BCUT2D eigenvalue weighted by Gasteiger charge is 1.60. The Bertz CT molecular complexity index is 33.8. The summed E-state index contributed by atoms with van der Waals surface area (Å²) in [5, 5.41) is 0. The van der Waals surface area contributed by atoms with Crippen molar-refractivity contribution in [3.63, 3.8) is 0 Å². The Morgan fingerprint density at radius 1 is 1.33 bits per heavy atom. The number of hydrogen-bond acceptors (Lipinski definition) is 2. The van der Waals surface area contributed by atoms with Crippen molar-refractivity contribution in [2.24, 2.45) is 11.5 Å². The molecular weight excluding hydrogens is 89.0 g/mol. The minimum atomic E-state index is -0.833. The zero-order valence-electron chi connectivity index (χ0n) is 3.18. The molecular formula is CH8FN3O. The van der Waals surface area contributed by atoms with Crippen LogP contribution in [0.2, 0.25) is 0 Å². The van der Waals surface area contributed by atoms with Gasteiger partial charge in [-0.25, -0.2) is 4.79 Å². The number of urea groups is 1. The van der Waals surface area contributed by atoms with Gasteiger partial charge in [-0.05, 0) is 0 Å². The summed E-state index contributed by atoms with van der Waals surface area (Å²) in [7, 11) is 0. The van der Waals surface area contributed by atoms with Crippen LogP contribution in [0.25, 0.3) is 0 Å². The Hall–Kier alpha value is -0.840. The number of nitrogens with two attached hydrogens (primary N) is 2. The molecule has 0 radical (unpaired) electrons. The monoisotopic (exact) mass is 97.1 g/mol. The Kier molecular flexibility index (Phi) is 28.4. The van der Waals surface area contributed by atoms with Gasteiger partial charge < -0.3 is 17.6 Å². The number of primary amides is 2. The molecule has 0 bridgehead atoms. The number of carbonyl (C=O) groups excluding carboxylic acids is 1. The van der Waals surface area contributed by atoms with Gasteiger partial charge in [0.25, 0.3) is 0 Å². The lowest BCUT2D eigenvalue weighted by molar-refractivity contribution is 0.256. The second-order valence-electron chi connectivity index (χ2n) is 0.402. The van der Waals surface area contributed by atoms with Gasteiger partial charge in [0.15, 0.2) is 0 Å². The standard InChI is InChI=1S/CH4N2O.FH.H3N/c2-1(3)4;;/h(H4,2,3,4);1H;1H3. The van der Waals surface area contributed by atoms with E-state index in [4.69, 9.17) is 4.79 Å². The summed E-state index contributed by atoms with van der Waals surface area (Å²) in [5.74, 6) is 0. The maximum absolute atomic E-state index is 9.00. The summed E-state index contributed by atoms with van der Waals surface area (Å²) in [5.41, 5.74) is 8.50. The van der Waals surface area contributed by atoms with Crippen molar-refractivity contribution in [3.8, 4) is 0 Å². The number of hydrogen-bond donors (Lipinski definition) is 3. The molecule has 0 aromatic heterocycles. The molecule has 0 saturated carbocycles. The lowest BCUT2D eigenvalue weighted by Crippen LogP contribution is -2.18. The number of carbonyl (C=O) groups is 1. The van der Waals surface area contributed by atoms with Crippen molar-refractivity contribution >= 4 is 6.03 Å². The first-order valence-corrected chi connectivity index (χ1v) is 0.781. The molecule has 0 atom stereocenters. The van der Waals surface area contributed by atoms with Crippen molar-refractivity contribution < 1.29 is 9.50 Å². The third-order valence-electron chi connectivity index (χ3n) is 0. The van der Waals surface area contributed by atoms with E-state index in [1.54, 1.807) is 0 Å². The lowest BCUT2D eigenvalue weighted by atomic mass is 11.2. The predicted octanol–water partition coefficient (Wildman–Crippen LogP) is -0.662. The molecule has 0 heterocycles. The van der Waals surface area contributed by atoms with Crippen molar-refractivity contribution in [1.82, 2.24) is 6.15 Å². The SMILES string of the molecule is F.N.NC(N)=O. The topological polar surface area (TPSA) is 104 Å². The molecule has 0 rings (SSSR count). The van der Waals surface area contributed by atoms with E-state index in [1.807, 2.05) is 0 Å². The highest BCUT2D eigenvalue weighted by atomic mass is 19.0. The fourth-order valence-electron chi connectivity index (χ4n) is 0. The highest BCUT2D eigenvalue weighted by molar-refractivity contribution is 5.69. The van der Waals surface area contributed by atoms with E-state index in [1.165, 1.54) is 0 Å². The van der Waals surface area contributed by atoms with Gasteiger partial charge in [-0.2, -0.15) is 0 Å². The van der Waals surface area contributed by atoms with Gasteiger partial charge in [-0.3, -0.25) is 4.70 Å². The van der Waals surface area contributed by atoms with Gasteiger partial charge in [0.2, 0.25) is 0 Å². The summed E-state index contributed by atoms with van der Waals surface area (Å²) in [4.78, 5) is 9.00. The maximum atomic E-state index is 9.00. The van der Waals surface area contributed by atoms with Crippen molar-refractivity contribution in [2.75, 3.05) is 0 Å². The van der Waals surface area contributed by atoms with Gasteiger partial charge in [-0.1, -0.05) is 0 Å². The highest BCUT2D eigenvalue weighted by Crippen LogP contribution is 1.25. The third-order valence-corrected chi connectivity index (χ3v) is 0. The van der Waals surface area contributed by atoms with Crippen molar-refractivity contribution in [1.29, 1.82) is 0 Å². The molecule has 0 aliphatic rings. The van der Waals surface area contributed by atoms with Gasteiger partial charge >= 0.3 is 6.03 Å². The minimum absolute atomic E-state index is 0. The van der Waals surface area contributed by atoms with E-state index in [2.05, 4.69) is 11.5 Å². The molecule has 5 heteroatoms. The molecule has 7 N–H and O–H groups in total. The normalized spacial score (nSPS) is 4.00. The largest absolute Gasteiger partial charge is 0.352 e. The Morgan fingerprint density at radius 2 is 1.33 bits per heavy atom. The van der Waals surface area contributed by atoms with E-state index < -0.39 is 6.03 Å². The van der Waals surface area contributed by atoms with Crippen molar-refractivity contribution in [2.45, 2.75) is 0 Å². The number of halogens is 1. The molecule has 0 aliphatic carbocycles. The van der Waals surface area contributed by atoms with Crippen LogP contribution in [0.5, 0.6) is 0 Å². The summed E-state index contributed by atoms with van der Waals surface area (Å²) < 4.78 is 0. The molecule has 0 unspecified atom stereocenters. The van der Waals surface area contributed by atoms with E-state index in [0.29, 0.717) is 0 Å². The minimum Gasteiger partial charge on any atom is -0.352 e. The van der Waals surface area contributed by atoms with E-state index in [0.717, 1.165) is 0 Å². The van der Waals surface area contributed by atoms with Gasteiger partial charge in [-0.15, -0.1) is 0 Å². The van der Waals surface area contributed by atoms with E-state index >= 15 is 0 Å². The zero-order chi connectivity index (χ0) is 3.58. The van der Waals surface area contributed by atoms with Crippen LogP contribution in [0.3, 0.4) is 0 Å². The molecule has 0 aromatic carbocycles. The third kappa shape index (κ3) is 20.9. The second-order valence-corrected chi connectivity index (χ2v) is 0.402. The molecule has 2 amide bonds. The first-order valence-electron chi connectivity index (χ1n) is 0.781. The molecule has 4 nitrogen and oxygen atoms in total. The average Bonchev–Trinajstić information content (AvgIpc) is 0.811. The van der Waals surface area contributed by atoms with Crippen LogP contribution in [0, 0.1) is 0 Å². The smallest absolute Gasteiger partial charge is 0.309 e. The molecule has 0 aromatic rings. The summed E-state index contributed by atoms with van der Waals surface area (Å²) in [6, 6.07) is -0.833. The van der Waals surface area contributed by atoms with E-state index in [9.17, 15) is 0 Å². The molecule has 0 aliphatic heterocycles. The quantitative estimate of drug-likeness (QED) is 0.373. The van der Waals surface area contributed by atoms with Gasteiger partial charge in [0, 0.05) is 0 Å². The molecule has 6 heavy (non-hydrogen) atoms. The van der Waals surface area contributed by atoms with Crippen LogP contribution in [0.1, 0.15) is 0 Å². The molecule has 40 valence electrons. The average molecular weight is 97.1 g/mol. The number of amides is 2. The molecule has 0 spiro atoms. The second kappa shape index (κ2) is 8.90. The Morgan fingerprint density at radius 3 is 1.33 bits per heavy atom. The van der Waals surface area contributed by atoms with Gasteiger partial charge in [0.05, 0.1) is 0 Å². The van der Waals surface area contributed by atoms with Crippen molar-refractivity contribution in [3.05, 3.63) is 0 Å². The predicted molar refractivity (Wildman–Crippen MR) is 21.3 cm³/mol. The first-order chi connectivity index (χ1) is 1.73. The fraction of sp³-hybridized carbons (Fsp3) is 0. The zero-order valence-corrected chi connectivity index (χ0v) is 3.18. The fourth-order valence-corrected chi connectivity index (χ4v) is 0. The summed E-state index contributed by atoms with van der Waals surface area (Å²) in [6.07, 6.45) is 0. The lowest BCUT2D eigenvalue weighted by Gasteiger charge is -1.62.